The summed E-state index contributed by atoms with van der Waals surface area (Å²) >= 11 is 0. The van der Waals surface area contributed by atoms with Crippen LogP contribution in [0.15, 0.2) is 11.0 Å². The van der Waals surface area contributed by atoms with E-state index in [1.165, 1.54) is 6.20 Å². The molecular formula is C10H13N3O2. The Morgan fingerprint density at radius 1 is 1.40 bits per heavy atom. The van der Waals surface area contributed by atoms with Crippen LogP contribution in [-0.2, 0) is 13.0 Å². The molecule has 15 heavy (non-hydrogen) atoms. The predicted octanol–water partition coefficient (Wildman–Crippen LogP) is 0.0686. The van der Waals surface area contributed by atoms with Crippen molar-refractivity contribution in [1.29, 1.82) is 0 Å². The maximum absolute atomic E-state index is 11.8. The van der Waals surface area contributed by atoms with Gasteiger partial charge in [-0.15, -0.1) is 0 Å². The van der Waals surface area contributed by atoms with E-state index in [1.54, 1.807) is 4.57 Å². The summed E-state index contributed by atoms with van der Waals surface area (Å²) in [6.07, 6.45) is 5.18. The summed E-state index contributed by atoms with van der Waals surface area (Å²) in [5.41, 5.74) is 4.78. The summed E-state index contributed by atoms with van der Waals surface area (Å²) in [6.45, 7) is 0.641. The minimum Gasteiger partial charge on any atom is -0.365 e. The molecule has 1 aromatic rings. The second-order valence-electron chi connectivity index (χ2n) is 3.72. The van der Waals surface area contributed by atoms with Crippen molar-refractivity contribution in [2.75, 3.05) is 0 Å². The molecular weight excluding hydrogens is 194 g/mol. The molecule has 0 aliphatic carbocycles. The SMILES string of the molecule is NC(=O)c1cnc2n(c1=O)CCCCC2. The first-order chi connectivity index (χ1) is 7.20. The van der Waals surface area contributed by atoms with Gasteiger partial charge in [0, 0.05) is 19.2 Å². The van der Waals surface area contributed by atoms with Gasteiger partial charge in [-0.05, 0) is 12.8 Å². The Kier molecular flexibility index (Phi) is 2.53. The van der Waals surface area contributed by atoms with E-state index >= 15 is 0 Å². The van der Waals surface area contributed by atoms with Crippen LogP contribution in [0.5, 0.6) is 0 Å². The van der Waals surface area contributed by atoms with Gasteiger partial charge in [0.1, 0.15) is 11.4 Å². The van der Waals surface area contributed by atoms with Gasteiger partial charge in [0.25, 0.3) is 11.5 Å². The van der Waals surface area contributed by atoms with Crippen LogP contribution in [0.1, 0.15) is 35.4 Å². The molecule has 80 valence electrons. The first-order valence-electron chi connectivity index (χ1n) is 5.08. The Morgan fingerprint density at radius 2 is 2.20 bits per heavy atom. The number of aromatic nitrogens is 2. The van der Waals surface area contributed by atoms with Crippen LogP contribution in [0.4, 0.5) is 0 Å². The molecule has 0 spiro atoms. The lowest BCUT2D eigenvalue weighted by molar-refractivity contribution is 0.0997. The lowest BCUT2D eigenvalue weighted by atomic mass is 10.2. The van der Waals surface area contributed by atoms with Crippen molar-refractivity contribution in [3.05, 3.63) is 27.9 Å². The van der Waals surface area contributed by atoms with Gasteiger partial charge in [-0.2, -0.15) is 0 Å². The van der Waals surface area contributed by atoms with E-state index in [-0.39, 0.29) is 11.1 Å². The van der Waals surface area contributed by atoms with Crippen molar-refractivity contribution < 1.29 is 4.79 Å². The van der Waals surface area contributed by atoms with E-state index in [0.717, 1.165) is 31.5 Å². The number of hydrogen-bond acceptors (Lipinski definition) is 3. The average molecular weight is 207 g/mol. The molecule has 0 fully saturated rings. The van der Waals surface area contributed by atoms with Crippen LogP contribution in [0.25, 0.3) is 0 Å². The summed E-state index contributed by atoms with van der Waals surface area (Å²) in [6, 6.07) is 0. The zero-order chi connectivity index (χ0) is 10.8. The van der Waals surface area contributed by atoms with Crippen LogP contribution in [0.2, 0.25) is 0 Å². The normalized spacial score (nSPS) is 15.5. The maximum atomic E-state index is 11.8. The summed E-state index contributed by atoms with van der Waals surface area (Å²) in [5, 5.41) is 0. The third-order valence-corrected chi connectivity index (χ3v) is 2.68. The number of nitrogens with zero attached hydrogens (tertiary/aromatic N) is 2. The Morgan fingerprint density at radius 3 is 2.93 bits per heavy atom. The Labute approximate surface area is 86.9 Å². The zero-order valence-electron chi connectivity index (χ0n) is 8.40. The largest absolute Gasteiger partial charge is 0.365 e. The molecule has 0 saturated carbocycles. The molecule has 1 aliphatic heterocycles. The highest BCUT2D eigenvalue weighted by Gasteiger charge is 2.15. The minimum absolute atomic E-state index is 0.0133. The second kappa shape index (κ2) is 3.84. The van der Waals surface area contributed by atoms with E-state index in [4.69, 9.17) is 5.73 Å². The number of aryl methyl sites for hydroxylation is 1. The number of nitrogens with two attached hydrogens (primary N) is 1. The third kappa shape index (κ3) is 1.77. The number of rotatable bonds is 1. The van der Waals surface area contributed by atoms with E-state index < -0.39 is 5.91 Å². The fourth-order valence-corrected chi connectivity index (χ4v) is 1.86. The molecule has 2 heterocycles. The van der Waals surface area contributed by atoms with Crippen molar-refractivity contribution in [1.82, 2.24) is 9.55 Å². The first kappa shape index (κ1) is 9.89. The van der Waals surface area contributed by atoms with E-state index in [9.17, 15) is 9.59 Å². The van der Waals surface area contributed by atoms with Gasteiger partial charge < -0.3 is 5.73 Å². The molecule has 0 saturated heterocycles. The number of primary amides is 1. The van der Waals surface area contributed by atoms with Gasteiger partial charge in [0.2, 0.25) is 0 Å². The van der Waals surface area contributed by atoms with Crippen molar-refractivity contribution in [3.63, 3.8) is 0 Å². The van der Waals surface area contributed by atoms with E-state index in [2.05, 4.69) is 4.98 Å². The van der Waals surface area contributed by atoms with Crippen LogP contribution in [-0.4, -0.2) is 15.5 Å². The molecule has 1 amide bonds. The van der Waals surface area contributed by atoms with Crippen molar-refractivity contribution >= 4 is 5.91 Å². The van der Waals surface area contributed by atoms with Gasteiger partial charge in [0.15, 0.2) is 0 Å². The molecule has 5 nitrogen and oxygen atoms in total. The molecule has 0 atom stereocenters. The van der Waals surface area contributed by atoms with Gasteiger partial charge in [-0.3, -0.25) is 14.2 Å². The van der Waals surface area contributed by atoms with Gasteiger partial charge in [-0.25, -0.2) is 4.98 Å². The van der Waals surface area contributed by atoms with Crippen molar-refractivity contribution in [3.8, 4) is 0 Å². The summed E-state index contributed by atoms with van der Waals surface area (Å²) in [7, 11) is 0. The summed E-state index contributed by atoms with van der Waals surface area (Å²) < 4.78 is 1.58. The fourth-order valence-electron chi connectivity index (χ4n) is 1.86. The van der Waals surface area contributed by atoms with Crippen molar-refractivity contribution in [2.45, 2.75) is 32.2 Å². The Balaban J connectivity index is 2.56. The summed E-state index contributed by atoms with van der Waals surface area (Å²) in [5.74, 6) is 0.0644. The molecule has 1 aromatic heterocycles. The number of amides is 1. The number of hydrogen-bond donors (Lipinski definition) is 1. The summed E-state index contributed by atoms with van der Waals surface area (Å²) in [4.78, 5) is 26.9. The quantitative estimate of drug-likeness (QED) is 0.707. The highest BCUT2D eigenvalue weighted by atomic mass is 16.2. The van der Waals surface area contributed by atoms with Crippen molar-refractivity contribution in [2.24, 2.45) is 5.73 Å². The fraction of sp³-hybridized carbons (Fsp3) is 0.500. The van der Waals surface area contributed by atoms with E-state index in [1.807, 2.05) is 0 Å². The lowest BCUT2D eigenvalue weighted by Crippen LogP contribution is -2.32. The average Bonchev–Trinajstić information content (AvgIpc) is 2.43. The van der Waals surface area contributed by atoms with Crippen LogP contribution < -0.4 is 11.3 Å². The van der Waals surface area contributed by atoms with Crippen LogP contribution >= 0.6 is 0 Å². The van der Waals surface area contributed by atoms with Crippen LogP contribution in [0.3, 0.4) is 0 Å². The predicted molar refractivity (Wildman–Crippen MR) is 54.6 cm³/mol. The first-order valence-corrected chi connectivity index (χ1v) is 5.08. The molecule has 0 radical (unpaired) electrons. The molecule has 0 unspecified atom stereocenters. The zero-order valence-corrected chi connectivity index (χ0v) is 8.40. The molecule has 2 N–H and O–H groups in total. The highest BCUT2D eigenvalue weighted by Crippen LogP contribution is 2.10. The highest BCUT2D eigenvalue weighted by molar-refractivity contribution is 5.92. The van der Waals surface area contributed by atoms with Gasteiger partial charge >= 0.3 is 0 Å². The maximum Gasteiger partial charge on any atom is 0.266 e. The lowest BCUT2D eigenvalue weighted by Gasteiger charge is -2.08. The van der Waals surface area contributed by atoms with Gasteiger partial charge in [0.05, 0.1) is 0 Å². The van der Waals surface area contributed by atoms with Gasteiger partial charge in [-0.1, -0.05) is 6.42 Å². The molecule has 0 aromatic carbocycles. The smallest absolute Gasteiger partial charge is 0.266 e. The topological polar surface area (TPSA) is 78.0 Å². The van der Waals surface area contributed by atoms with Crippen LogP contribution in [0, 0.1) is 0 Å². The third-order valence-electron chi connectivity index (χ3n) is 2.68. The number of carbonyl (C=O) groups excluding carboxylic acids is 1. The minimum atomic E-state index is -0.702. The Hall–Kier alpha value is -1.65. The molecule has 5 heteroatoms. The molecule has 1 aliphatic rings. The monoisotopic (exact) mass is 207 g/mol. The van der Waals surface area contributed by atoms with E-state index in [0.29, 0.717) is 6.54 Å². The molecule has 0 bridgehead atoms. The Bertz CT molecular complexity index is 450. The number of fused-ring (bicyclic) bond motifs is 1. The second-order valence-corrected chi connectivity index (χ2v) is 3.72. The number of carbonyl (C=O) groups is 1. The molecule has 2 rings (SSSR count). The standard InChI is InChI=1S/C10H13N3O2/c11-9(14)7-6-12-8-4-2-1-3-5-13(8)10(7)15/h6H,1-5H2,(H2,11,14).